The third kappa shape index (κ3) is 2.00. The van der Waals surface area contributed by atoms with Gasteiger partial charge in [-0.15, -0.1) is 0 Å². The normalized spacial score (nSPS) is 9.90. The van der Waals surface area contributed by atoms with Gasteiger partial charge in [-0.3, -0.25) is 11.5 Å². The third-order valence-corrected chi connectivity index (χ3v) is 0.979. The first-order valence-electron chi connectivity index (χ1n) is 2.98. The summed E-state index contributed by atoms with van der Waals surface area (Å²) in [4.78, 5) is 3.95. The zero-order valence-electron chi connectivity index (χ0n) is 5.49. The van der Waals surface area contributed by atoms with Crippen molar-refractivity contribution in [2.24, 2.45) is 11.5 Å². The second-order valence-electron chi connectivity index (χ2n) is 1.89. The van der Waals surface area contributed by atoms with Crippen LogP contribution < -0.4 is 16.8 Å². The summed E-state index contributed by atoms with van der Waals surface area (Å²) in [6, 6.07) is 5.48. The maximum absolute atomic E-state index is 5.25. The summed E-state index contributed by atoms with van der Waals surface area (Å²) in [5.41, 5.74) is 10.5. The van der Waals surface area contributed by atoms with E-state index in [-0.39, 0.29) is 0 Å². The second-order valence-corrected chi connectivity index (χ2v) is 1.89. The van der Waals surface area contributed by atoms with E-state index in [9.17, 15) is 0 Å². The van der Waals surface area contributed by atoms with Crippen LogP contribution in [0.25, 0.3) is 0 Å². The molecule has 0 atom stereocenters. The molecule has 0 saturated heterocycles. The summed E-state index contributed by atoms with van der Waals surface area (Å²) < 4.78 is 0. The van der Waals surface area contributed by atoms with E-state index in [0.717, 1.165) is 0 Å². The van der Waals surface area contributed by atoms with Gasteiger partial charge < -0.3 is 5.32 Å². The first-order chi connectivity index (χ1) is 4.79. The number of nitrogens with one attached hydrogen (secondary N) is 1. The van der Waals surface area contributed by atoms with Crippen LogP contribution in [0.3, 0.4) is 0 Å². The highest BCUT2D eigenvalue weighted by molar-refractivity contribution is 5.33. The third-order valence-electron chi connectivity index (χ3n) is 0.979. The fourth-order valence-corrected chi connectivity index (χ4v) is 0.619. The molecule has 0 aliphatic heterocycles. The number of nitrogens with zero attached hydrogens (tertiary/aromatic N) is 1. The van der Waals surface area contributed by atoms with Gasteiger partial charge in [0.25, 0.3) is 0 Å². The number of anilines is 1. The Kier molecular flexibility index (Phi) is 2.20. The molecule has 4 heteroatoms. The largest absolute Gasteiger partial charge is 0.343 e. The molecule has 0 spiro atoms. The molecule has 0 saturated carbocycles. The summed E-state index contributed by atoms with van der Waals surface area (Å²) >= 11 is 0. The molecule has 54 valence electrons. The van der Waals surface area contributed by atoms with Crippen LogP contribution in [0, 0.1) is 0 Å². The molecule has 0 fully saturated rings. The monoisotopic (exact) mass is 138 g/mol. The van der Waals surface area contributed by atoms with E-state index in [0.29, 0.717) is 5.82 Å². The average Bonchev–Trinajstić information content (AvgIpc) is 1.88. The molecular weight excluding hydrogens is 128 g/mol. The zero-order valence-corrected chi connectivity index (χ0v) is 5.49. The van der Waals surface area contributed by atoms with Crippen molar-refractivity contribution in [2.45, 2.75) is 6.29 Å². The van der Waals surface area contributed by atoms with E-state index in [1.807, 2.05) is 12.1 Å². The highest BCUT2D eigenvalue weighted by atomic mass is 15.2. The number of pyridine rings is 1. The lowest BCUT2D eigenvalue weighted by molar-refractivity contribution is 0.801. The van der Waals surface area contributed by atoms with E-state index in [1.54, 1.807) is 12.3 Å². The maximum Gasteiger partial charge on any atom is 0.128 e. The summed E-state index contributed by atoms with van der Waals surface area (Å²) in [6.07, 6.45) is 1.12. The number of hydrogen-bond acceptors (Lipinski definition) is 4. The molecule has 0 amide bonds. The van der Waals surface area contributed by atoms with Crippen molar-refractivity contribution in [3.63, 3.8) is 0 Å². The quantitative estimate of drug-likeness (QED) is 0.490. The number of aromatic nitrogens is 1. The molecular formula is C6H10N4. The summed E-state index contributed by atoms with van der Waals surface area (Å²) in [6.45, 7) is 0. The minimum Gasteiger partial charge on any atom is -0.343 e. The van der Waals surface area contributed by atoms with Crippen molar-refractivity contribution >= 4 is 5.82 Å². The minimum atomic E-state index is -0.546. The van der Waals surface area contributed by atoms with E-state index in [2.05, 4.69) is 10.3 Å². The van der Waals surface area contributed by atoms with Crippen molar-refractivity contribution < 1.29 is 0 Å². The Balaban J connectivity index is 2.59. The second kappa shape index (κ2) is 3.14. The van der Waals surface area contributed by atoms with Crippen molar-refractivity contribution in [3.8, 4) is 0 Å². The summed E-state index contributed by atoms with van der Waals surface area (Å²) in [5.74, 6) is 0.692. The van der Waals surface area contributed by atoms with Crippen LogP contribution in [0.5, 0.6) is 0 Å². The SMILES string of the molecule is NC(N)Nc1ccccn1. The lowest BCUT2D eigenvalue weighted by Crippen LogP contribution is -2.38. The molecule has 1 rings (SSSR count). The number of rotatable bonds is 2. The standard InChI is InChI=1S/C6H10N4/c7-6(8)10-5-3-1-2-4-9-5/h1-4,6H,7-8H2,(H,9,10). The minimum absolute atomic E-state index is 0.546. The number of hydrogen-bond donors (Lipinski definition) is 3. The van der Waals surface area contributed by atoms with Crippen molar-refractivity contribution in [2.75, 3.05) is 5.32 Å². The molecule has 4 nitrogen and oxygen atoms in total. The van der Waals surface area contributed by atoms with Crippen LogP contribution in [0.2, 0.25) is 0 Å². The first kappa shape index (κ1) is 6.98. The molecule has 0 aliphatic carbocycles. The van der Waals surface area contributed by atoms with Gasteiger partial charge in [0.2, 0.25) is 0 Å². The molecule has 0 aliphatic rings. The molecule has 1 aromatic rings. The van der Waals surface area contributed by atoms with Gasteiger partial charge in [0.05, 0.1) is 0 Å². The van der Waals surface area contributed by atoms with Gasteiger partial charge in [-0.1, -0.05) is 6.07 Å². The highest BCUT2D eigenvalue weighted by Gasteiger charge is 1.92. The molecule has 0 radical (unpaired) electrons. The smallest absolute Gasteiger partial charge is 0.128 e. The molecule has 0 unspecified atom stereocenters. The molecule has 5 N–H and O–H groups in total. The van der Waals surface area contributed by atoms with Crippen LogP contribution in [0.4, 0.5) is 5.82 Å². The Morgan fingerprint density at radius 2 is 2.20 bits per heavy atom. The fourth-order valence-electron chi connectivity index (χ4n) is 0.619. The van der Waals surface area contributed by atoms with Crippen LogP contribution in [-0.2, 0) is 0 Å². The Bertz CT molecular complexity index is 184. The van der Waals surface area contributed by atoms with Gasteiger partial charge in [-0.25, -0.2) is 4.98 Å². The van der Waals surface area contributed by atoms with Crippen LogP contribution in [0.15, 0.2) is 24.4 Å². The predicted octanol–water partition coefficient (Wildman–Crippen LogP) is -0.306. The van der Waals surface area contributed by atoms with Crippen LogP contribution >= 0.6 is 0 Å². The van der Waals surface area contributed by atoms with E-state index in [1.165, 1.54) is 0 Å². The Hall–Kier alpha value is -1.13. The van der Waals surface area contributed by atoms with E-state index in [4.69, 9.17) is 11.5 Å². The van der Waals surface area contributed by atoms with E-state index < -0.39 is 6.29 Å². The Morgan fingerprint density at radius 3 is 2.70 bits per heavy atom. The van der Waals surface area contributed by atoms with Crippen molar-refractivity contribution in [1.82, 2.24) is 4.98 Å². The van der Waals surface area contributed by atoms with Crippen LogP contribution in [0.1, 0.15) is 0 Å². The molecule has 10 heavy (non-hydrogen) atoms. The average molecular weight is 138 g/mol. The summed E-state index contributed by atoms with van der Waals surface area (Å²) in [7, 11) is 0. The zero-order chi connectivity index (χ0) is 7.40. The van der Waals surface area contributed by atoms with Crippen molar-refractivity contribution in [1.29, 1.82) is 0 Å². The molecule has 1 heterocycles. The fraction of sp³-hybridized carbons (Fsp3) is 0.167. The maximum atomic E-state index is 5.25. The van der Waals surface area contributed by atoms with Gasteiger partial charge in [0, 0.05) is 6.20 Å². The first-order valence-corrected chi connectivity index (χ1v) is 2.98. The lowest BCUT2D eigenvalue weighted by atomic mass is 10.5. The highest BCUT2D eigenvalue weighted by Crippen LogP contribution is 1.97. The molecule has 0 bridgehead atoms. The Morgan fingerprint density at radius 1 is 1.40 bits per heavy atom. The predicted molar refractivity (Wildman–Crippen MR) is 40.0 cm³/mol. The van der Waals surface area contributed by atoms with Gasteiger partial charge in [0.1, 0.15) is 12.1 Å². The van der Waals surface area contributed by atoms with Crippen molar-refractivity contribution in [3.05, 3.63) is 24.4 Å². The summed E-state index contributed by atoms with van der Waals surface area (Å²) in [5, 5.41) is 2.75. The Labute approximate surface area is 59.2 Å². The number of nitrogens with two attached hydrogens (primary N) is 2. The van der Waals surface area contributed by atoms with Gasteiger partial charge in [0.15, 0.2) is 0 Å². The van der Waals surface area contributed by atoms with Crippen LogP contribution in [-0.4, -0.2) is 11.3 Å². The van der Waals surface area contributed by atoms with Gasteiger partial charge in [-0.2, -0.15) is 0 Å². The van der Waals surface area contributed by atoms with E-state index >= 15 is 0 Å². The lowest BCUT2D eigenvalue weighted by Gasteiger charge is -2.07. The topological polar surface area (TPSA) is 77.0 Å². The van der Waals surface area contributed by atoms with Gasteiger partial charge >= 0.3 is 0 Å². The molecule has 0 aromatic carbocycles. The van der Waals surface area contributed by atoms with Gasteiger partial charge in [-0.05, 0) is 12.1 Å². The molecule has 1 aromatic heterocycles.